The summed E-state index contributed by atoms with van der Waals surface area (Å²) < 4.78 is 7.42. The van der Waals surface area contributed by atoms with Crippen molar-refractivity contribution >= 4 is 5.91 Å². The van der Waals surface area contributed by atoms with E-state index >= 15 is 0 Å². The number of carbonyl (C=O) groups is 1. The second kappa shape index (κ2) is 8.97. The summed E-state index contributed by atoms with van der Waals surface area (Å²) in [5, 5.41) is 3.09. The maximum Gasteiger partial charge on any atom is 0.251 e. The van der Waals surface area contributed by atoms with Gasteiger partial charge in [0.2, 0.25) is 0 Å². The molecule has 0 saturated carbocycles. The summed E-state index contributed by atoms with van der Waals surface area (Å²) in [6.45, 7) is 4.72. The van der Waals surface area contributed by atoms with Crippen LogP contribution in [0.25, 0.3) is 5.69 Å². The summed E-state index contributed by atoms with van der Waals surface area (Å²) in [7, 11) is 5.85. The average molecular weight is 393 g/mol. The Hall–Kier alpha value is -3.05. The van der Waals surface area contributed by atoms with Gasteiger partial charge in [0.1, 0.15) is 11.8 Å². The van der Waals surface area contributed by atoms with Crippen LogP contribution in [0.3, 0.4) is 0 Å². The van der Waals surface area contributed by atoms with Crippen LogP contribution >= 0.6 is 0 Å². The zero-order chi connectivity index (χ0) is 21.0. The van der Waals surface area contributed by atoms with Crippen LogP contribution < -0.4 is 15.0 Å². The third-order valence-corrected chi connectivity index (χ3v) is 5.34. The summed E-state index contributed by atoms with van der Waals surface area (Å²) in [6, 6.07) is 20.1. The highest BCUT2D eigenvalue weighted by Crippen LogP contribution is 2.18. The Kier molecular flexibility index (Phi) is 6.39. The van der Waals surface area contributed by atoms with Crippen molar-refractivity contribution < 1.29 is 14.4 Å². The number of carbonyl (C=O) groups excluding carboxylic acids is 1. The van der Waals surface area contributed by atoms with Crippen molar-refractivity contribution in [3.63, 3.8) is 0 Å². The van der Waals surface area contributed by atoms with Gasteiger partial charge in [-0.2, -0.15) is 0 Å². The molecular formula is C24H30N3O2+. The second-order valence-electron chi connectivity index (χ2n) is 7.61. The molecule has 2 aromatic carbocycles. The summed E-state index contributed by atoms with van der Waals surface area (Å²) in [4.78, 5) is 13.9. The van der Waals surface area contributed by atoms with Crippen molar-refractivity contribution in [2.45, 2.75) is 19.9 Å². The van der Waals surface area contributed by atoms with E-state index < -0.39 is 0 Å². The largest absolute Gasteiger partial charge is 0.497 e. The summed E-state index contributed by atoms with van der Waals surface area (Å²) in [5.41, 5.74) is 5.25. The number of nitrogens with one attached hydrogen (secondary N) is 2. The van der Waals surface area contributed by atoms with E-state index in [0.717, 1.165) is 11.4 Å². The molecule has 0 saturated heterocycles. The molecular weight excluding hydrogens is 362 g/mol. The molecule has 0 aliphatic carbocycles. The molecule has 1 atom stereocenters. The van der Waals surface area contributed by atoms with Crippen LogP contribution in [0.5, 0.6) is 5.75 Å². The van der Waals surface area contributed by atoms with Crippen LogP contribution in [-0.4, -0.2) is 38.2 Å². The Labute approximate surface area is 172 Å². The highest BCUT2D eigenvalue weighted by atomic mass is 16.5. The van der Waals surface area contributed by atoms with Gasteiger partial charge < -0.3 is 19.5 Å². The maximum atomic E-state index is 12.7. The number of methoxy groups -OCH3 is 1. The van der Waals surface area contributed by atoms with Gasteiger partial charge in [-0.05, 0) is 74.5 Å². The van der Waals surface area contributed by atoms with E-state index in [0.29, 0.717) is 12.1 Å². The van der Waals surface area contributed by atoms with E-state index in [-0.39, 0.29) is 11.9 Å². The number of aromatic nitrogens is 1. The molecule has 5 heteroatoms. The van der Waals surface area contributed by atoms with E-state index in [1.165, 1.54) is 21.9 Å². The molecule has 5 nitrogen and oxygen atoms in total. The van der Waals surface area contributed by atoms with Gasteiger partial charge in [-0.1, -0.05) is 0 Å². The lowest BCUT2D eigenvalue weighted by Crippen LogP contribution is -3.07. The minimum atomic E-state index is -0.0581. The second-order valence-corrected chi connectivity index (χ2v) is 7.61. The van der Waals surface area contributed by atoms with Gasteiger partial charge in [-0.15, -0.1) is 0 Å². The minimum Gasteiger partial charge on any atom is -0.497 e. The van der Waals surface area contributed by atoms with Crippen LogP contribution in [0.4, 0.5) is 0 Å². The Morgan fingerprint density at radius 3 is 2.07 bits per heavy atom. The normalized spacial score (nSPS) is 12.1. The highest BCUT2D eigenvalue weighted by molar-refractivity contribution is 5.94. The maximum absolute atomic E-state index is 12.7. The minimum absolute atomic E-state index is 0.0581. The monoisotopic (exact) mass is 392 g/mol. The van der Waals surface area contributed by atoms with Crippen LogP contribution in [0.2, 0.25) is 0 Å². The van der Waals surface area contributed by atoms with Crippen LogP contribution in [0.1, 0.15) is 33.4 Å². The first-order valence-electron chi connectivity index (χ1n) is 9.88. The summed E-state index contributed by atoms with van der Waals surface area (Å²) >= 11 is 0. The third kappa shape index (κ3) is 4.69. The standard InChI is InChI=1S/C24H29N3O2/c1-17-6-7-18(2)27(17)21-12-8-20(9-13-21)24(28)25-16-23(26(3)4)19-10-14-22(29-5)15-11-19/h6-15,23H,16H2,1-5H3,(H,25,28)/p+1/t23-/m1/s1. The zero-order valence-corrected chi connectivity index (χ0v) is 17.8. The molecule has 0 spiro atoms. The van der Waals surface area contributed by atoms with Crippen molar-refractivity contribution in [3.8, 4) is 11.4 Å². The van der Waals surface area contributed by atoms with E-state index in [9.17, 15) is 4.79 Å². The Morgan fingerprint density at radius 2 is 1.55 bits per heavy atom. The predicted molar refractivity (Wildman–Crippen MR) is 116 cm³/mol. The summed E-state index contributed by atoms with van der Waals surface area (Å²) in [5.74, 6) is 0.774. The fraction of sp³-hybridized carbons (Fsp3) is 0.292. The lowest BCUT2D eigenvalue weighted by Gasteiger charge is -2.22. The Morgan fingerprint density at radius 1 is 0.966 bits per heavy atom. The highest BCUT2D eigenvalue weighted by Gasteiger charge is 2.19. The Bertz CT molecular complexity index is 937. The van der Waals surface area contributed by atoms with Crippen molar-refractivity contribution in [2.24, 2.45) is 0 Å². The number of rotatable bonds is 7. The number of benzene rings is 2. The molecule has 0 fully saturated rings. The molecule has 3 rings (SSSR count). The first-order chi connectivity index (χ1) is 13.9. The fourth-order valence-corrected chi connectivity index (χ4v) is 3.63. The molecule has 1 aromatic heterocycles. The van der Waals surface area contributed by atoms with Gasteiger partial charge in [0.05, 0.1) is 27.7 Å². The smallest absolute Gasteiger partial charge is 0.251 e. The molecule has 0 aliphatic rings. The molecule has 0 bridgehead atoms. The fourth-order valence-electron chi connectivity index (χ4n) is 3.63. The predicted octanol–water partition coefficient (Wildman–Crippen LogP) is 2.72. The topological polar surface area (TPSA) is 47.7 Å². The number of amides is 1. The lowest BCUT2D eigenvalue weighted by molar-refractivity contribution is -0.890. The van der Waals surface area contributed by atoms with E-state index in [2.05, 4.69) is 62.1 Å². The molecule has 0 radical (unpaired) electrons. The van der Waals surface area contributed by atoms with Crippen molar-refractivity contribution in [1.82, 2.24) is 9.88 Å². The van der Waals surface area contributed by atoms with Gasteiger partial charge in [0.15, 0.2) is 0 Å². The van der Waals surface area contributed by atoms with Gasteiger partial charge in [-0.25, -0.2) is 0 Å². The molecule has 3 aromatic rings. The first-order valence-corrected chi connectivity index (χ1v) is 9.88. The quantitative estimate of drug-likeness (QED) is 0.650. The SMILES string of the molecule is COc1ccc([C@@H](CNC(=O)c2ccc(-n3c(C)ccc3C)cc2)[NH+](C)C)cc1. The van der Waals surface area contributed by atoms with Crippen LogP contribution in [0.15, 0.2) is 60.7 Å². The number of aryl methyl sites for hydroxylation is 2. The third-order valence-electron chi connectivity index (χ3n) is 5.34. The van der Waals surface area contributed by atoms with Crippen LogP contribution in [0, 0.1) is 13.8 Å². The van der Waals surface area contributed by atoms with E-state index in [4.69, 9.17) is 4.74 Å². The number of hydrogen-bond acceptors (Lipinski definition) is 2. The number of likely N-dealkylation sites (N-methyl/N-ethyl adjacent to an activating group) is 1. The average Bonchev–Trinajstić information content (AvgIpc) is 3.06. The molecule has 1 amide bonds. The van der Waals surface area contributed by atoms with Crippen molar-refractivity contribution in [2.75, 3.05) is 27.7 Å². The van der Waals surface area contributed by atoms with E-state index in [1.54, 1.807) is 7.11 Å². The van der Waals surface area contributed by atoms with Gasteiger partial charge in [0.25, 0.3) is 5.91 Å². The number of quaternary nitrogens is 1. The molecule has 0 aliphatic heterocycles. The molecule has 0 unspecified atom stereocenters. The first kappa shape index (κ1) is 20.7. The lowest BCUT2D eigenvalue weighted by atomic mass is 10.1. The van der Waals surface area contributed by atoms with Crippen LogP contribution in [-0.2, 0) is 0 Å². The van der Waals surface area contributed by atoms with Crippen molar-refractivity contribution in [3.05, 3.63) is 83.2 Å². The van der Waals surface area contributed by atoms with Crippen molar-refractivity contribution in [1.29, 1.82) is 0 Å². The molecule has 1 heterocycles. The molecule has 29 heavy (non-hydrogen) atoms. The Balaban J connectivity index is 1.68. The molecule has 152 valence electrons. The van der Waals surface area contributed by atoms with Gasteiger partial charge in [-0.3, -0.25) is 4.79 Å². The zero-order valence-electron chi connectivity index (χ0n) is 17.8. The van der Waals surface area contributed by atoms with Gasteiger partial charge >= 0.3 is 0 Å². The van der Waals surface area contributed by atoms with Gasteiger partial charge in [0, 0.05) is 28.2 Å². The summed E-state index contributed by atoms with van der Waals surface area (Å²) in [6.07, 6.45) is 0. The molecule has 2 N–H and O–H groups in total. The number of ether oxygens (including phenoxy) is 1. The van der Waals surface area contributed by atoms with E-state index in [1.807, 2.05) is 36.4 Å². The number of nitrogens with zero attached hydrogens (tertiary/aromatic N) is 1. The number of hydrogen-bond donors (Lipinski definition) is 2.